The molecule has 0 aliphatic heterocycles. The molecule has 0 amide bonds. The number of nitrogens with zero attached hydrogens (tertiary/aromatic N) is 4. The van der Waals surface area contributed by atoms with Crippen LogP contribution in [-0.2, 0) is 12.7 Å². The van der Waals surface area contributed by atoms with Crippen molar-refractivity contribution in [1.82, 2.24) is 19.7 Å². The van der Waals surface area contributed by atoms with Gasteiger partial charge < -0.3 is 0 Å². The summed E-state index contributed by atoms with van der Waals surface area (Å²) in [5.74, 6) is 0. The van der Waals surface area contributed by atoms with E-state index in [1.807, 2.05) is 18.2 Å². The van der Waals surface area contributed by atoms with E-state index < -0.39 is 11.7 Å². The van der Waals surface area contributed by atoms with E-state index in [0.717, 1.165) is 23.2 Å². The molecule has 3 aromatic heterocycles. The van der Waals surface area contributed by atoms with Crippen molar-refractivity contribution in [3.63, 3.8) is 0 Å². The van der Waals surface area contributed by atoms with Crippen LogP contribution in [0.3, 0.4) is 0 Å². The van der Waals surface area contributed by atoms with Crippen LogP contribution >= 0.6 is 12.4 Å². The first-order valence-electron chi connectivity index (χ1n) is 7.89. The van der Waals surface area contributed by atoms with Gasteiger partial charge in [0.2, 0.25) is 0 Å². The maximum Gasteiger partial charge on any atom is 0.416 e. The highest BCUT2D eigenvalue weighted by atomic mass is 35.5. The van der Waals surface area contributed by atoms with Crippen LogP contribution in [0.15, 0.2) is 67.3 Å². The summed E-state index contributed by atoms with van der Waals surface area (Å²) in [5.41, 5.74) is 2.87. The molecule has 4 aromatic rings. The van der Waals surface area contributed by atoms with Gasteiger partial charge in [-0.05, 0) is 41.5 Å². The summed E-state index contributed by atoms with van der Waals surface area (Å²) >= 11 is 0. The molecule has 0 atom stereocenters. The Hall–Kier alpha value is -2.93. The van der Waals surface area contributed by atoms with Crippen molar-refractivity contribution in [3.8, 4) is 11.1 Å². The van der Waals surface area contributed by atoms with Gasteiger partial charge in [-0.2, -0.15) is 18.3 Å². The second-order valence-electron chi connectivity index (χ2n) is 5.86. The highest BCUT2D eigenvalue weighted by Gasteiger charge is 2.30. The fraction of sp³-hybridized carbons (Fsp3) is 0.105. The minimum atomic E-state index is -4.38. The first-order chi connectivity index (χ1) is 12.5. The van der Waals surface area contributed by atoms with Gasteiger partial charge in [0.25, 0.3) is 0 Å². The van der Waals surface area contributed by atoms with Gasteiger partial charge in [-0.3, -0.25) is 14.6 Å². The summed E-state index contributed by atoms with van der Waals surface area (Å²) in [6.45, 7) is 0.528. The first kappa shape index (κ1) is 18.8. The second-order valence-corrected chi connectivity index (χ2v) is 5.86. The third-order valence-electron chi connectivity index (χ3n) is 4.10. The molecular weight excluding hydrogens is 377 g/mol. The van der Waals surface area contributed by atoms with E-state index in [0.29, 0.717) is 23.2 Å². The summed E-state index contributed by atoms with van der Waals surface area (Å²) in [5, 5.41) is 4.34. The Morgan fingerprint density at radius 2 is 1.70 bits per heavy atom. The van der Waals surface area contributed by atoms with Crippen molar-refractivity contribution in [2.45, 2.75) is 12.7 Å². The number of benzene rings is 1. The standard InChI is InChI=1S/C19H13F3N4.ClH/c20-19(21,22)16-3-1-2-14(8-16)15-9-18-17(24-10-15)11-25-26(18)12-13-4-6-23-7-5-13;/h1-11H,12H2;1H. The Balaban J connectivity index is 0.00000210. The van der Waals surface area contributed by atoms with Gasteiger partial charge in [0.05, 0.1) is 23.8 Å². The molecule has 0 radical (unpaired) electrons. The summed E-state index contributed by atoms with van der Waals surface area (Å²) in [7, 11) is 0. The topological polar surface area (TPSA) is 43.6 Å². The number of halogens is 4. The van der Waals surface area contributed by atoms with Crippen molar-refractivity contribution < 1.29 is 13.2 Å². The number of pyridine rings is 2. The Labute approximate surface area is 159 Å². The largest absolute Gasteiger partial charge is 0.416 e. The van der Waals surface area contributed by atoms with Crippen LogP contribution in [0, 0.1) is 0 Å². The molecular formula is C19H14ClF3N4. The molecule has 0 saturated carbocycles. The van der Waals surface area contributed by atoms with Crippen molar-refractivity contribution in [3.05, 3.63) is 78.4 Å². The molecule has 3 heterocycles. The zero-order chi connectivity index (χ0) is 18.1. The van der Waals surface area contributed by atoms with Crippen LogP contribution in [0.4, 0.5) is 13.2 Å². The van der Waals surface area contributed by atoms with Crippen LogP contribution < -0.4 is 0 Å². The van der Waals surface area contributed by atoms with Crippen molar-refractivity contribution >= 4 is 23.4 Å². The number of hydrogen-bond acceptors (Lipinski definition) is 3. The zero-order valence-electron chi connectivity index (χ0n) is 13.9. The Bertz CT molecular complexity index is 1060. The summed E-state index contributed by atoms with van der Waals surface area (Å²) in [6.07, 6.45) is 2.24. The van der Waals surface area contributed by atoms with Crippen LogP contribution in [0.1, 0.15) is 11.1 Å². The lowest BCUT2D eigenvalue weighted by molar-refractivity contribution is -0.137. The molecule has 0 N–H and O–H groups in total. The van der Waals surface area contributed by atoms with Crippen LogP contribution in [0.2, 0.25) is 0 Å². The van der Waals surface area contributed by atoms with E-state index in [1.54, 1.807) is 35.5 Å². The molecule has 138 valence electrons. The maximum atomic E-state index is 13.0. The number of alkyl halides is 3. The number of fused-ring (bicyclic) bond motifs is 1. The van der Waals surface area contributed by atoms with Gasteiger partial charge in [-0.15, -0.1) is 12.4 Å². The van der Waals surface area contributed by atoms with Gasteiger partial charge in [0.15, 0.2) is 0 Å². The third-order valence-corrected chi connectivity index (χ3v) is 4.10. The molecule has 0 aliphatic rings. The van der Waals surface area contributed by atoms with Gasteiger partial charge >= 0.3 is 6.18 Å². The van der Waals surface area contributed by atoms with E-state index in [2.05, 4.69) is 15.1 Å². The molecule has 4 rings (SSSR count). The third kappa shape index (κ3) is 3.93. The number of hydrogen-bond donors (Lipinski definition) is 0. The zero-order valence-corrected chi connectivity index (χ0v) is 14.7. The van der Waals surface area contributed by atoms with E-state index >= 15 is 0 Å². The molecule has 0 bridgehead atoms. The van der Waals surface area contributed by atoms with Gasteiger partial charge in [-0.1, -0.05) is 12.1 Å². The smallest absolute Gasteiger partial charge is 0.265 e. The van der Waals surface area contributed by atoms with Crippen molar-refractivity contribution in [1.29, 1.82) is 0 Å². The van der Waals surface area contributed by atoms with Crippen LogP contribution in [0.5, 0.6) is 0 Å². The van der Waals surface area contributed by atoms with Crippen LogP contribution in [0.25, 0.3) is 22.2 Å². The lowest BCUT2D eigenvalue weighted by Gasteiger charge is -2.09. The normalized spacial score (nSPS) is 11.4. The molecule has 0 aliphatic carbocycles. The quantitative estimate of drug-likeness (QED) is 0.495. The first-order valence-corrected chi connectivity index (χ1v) is 7.89. The van der Waals surface area contributed by atoms with Gasteiger partial charge in [0, 0.05) is 24.2 Å². The Kier molecular flexibility index (Phi) is 5.14. The maximum absolute atomic E-state index is 13.0. The monoisotopic (exact) mass is 390 g/mol. The predicted octanol–water partition coefficient (Wildman–Crippen LogP) is 4.98. The summed E-state index contributed by atoms with van der Waals surface area (Å²) in [4.78, 5) is 8.32. The number of rotatable bonds is 3. The molecule has 1 aromatic carbocycles. The van der Waals surface area contributed by atoms with E-state index in [4.69, 9.17) is 0 Å². The summed E-state index contributed by atoms with van der Waals surface area (Å²) < 4.78 is 40.6. The molecule has 8 heteroatoms. The average Bonchev–Trinajstić information content (AvgIpc) is 3.04. The Morgan fingerprint density at radius 3 is 2.44 bits per heavy atom. The van der Waals surface area contributed by atoms with E-state index in [1.165, 1.54) is 6.07 Å². The molecule has 4 nitrogen and oxygen atoms in total. The van der Waals surface area contributed by atoms with Gasteiger partial charge in [0.1, 0.15) is 5.52 Å². The molecule has 0 unspecified atom stereocenters. The van der Waals surface area contributed by atoms with Gasteiger partial charge in [-0.25, -0.2) is 0 Å². The highest BCUT2D eigenvalue weighted by Crippen LogP contribution is 2.32. The molecule has 0 fully saturated rings. The minimum Gasteiger partial charge on any atom is -0.265 e. The lowest BCUT2D eigenvalue weighted by atomic mass is 10.0. The Morgan fingerprint density at radius 1 is 0.926 bits per heavy atom. The van der Waals surface area contributed by atoms with E-state index in [9.17, 15) is 13.2 Å². The molecule has 27 heavy (non-hydrogen) atoms. The average molecular weight is 391 g/mol. The van der Waals surface area contributed by atoms with E-state index in [-0.39, 0.29) is 12.4 Å². The summed E-state index contributed by atoms with van der Waals surface area (Å²) in [6, 6.07) is 10.8. The second kappa shape index (κ2) is 7.36. The lowest BCUT2D eigenvalue weighted by Crippen LogP contribution is -2.04. The molecule has 0 saturated heterocycles. The molecule has 0 spiro atoms. The fourth-order valence-electron chi connectivity index (χ4n) is 2.78. The van der Waals surface area contributed by atoms with Crippen LogP contribution in [-0.4, -0.2) is 19.7 Å². The van der Waals surface area contributed by atoms with Crippen molar-refractivity contribution in [2.75, 3.05) is 0 Å². The highest BCUT2D eigenvalue weighted by molar-refractivity contribution is 5.85. The SMILES string of the molecule is Cl.FC(F)(F)c1cccc(-c2cnc3cnn(Cc4ccncc4)c3c2)c1. The van der Waals surface area contributed by atoms with Crippen molar-refractivity contribution in [2.24, 2.45) is 0 Å². The predicted molar refractivity (Wildman–Crippen MR) is 98.6 cm³/mol. The minimum absolute atomic E-state index is 0. The fourth-order valence-corrected chi connectivity index (χ4v) is 2.78. The number of aromatic nitrogens is 4.